The number of methoxy groups -OCH3 is 3. The third-order valence-corrected chi connectivity index (χ3v) is 6.64. The van der Waals surface area contributed by atoms with E-state index in [0.29, 0.717) is 41.5 Å². The van der Waals surface area contributed by atoms with Crippen molar-refractivity contribution >= 4 is 22.6 Å². The van der Waals surface area contributed by atoms with E-state index in [1.54, 1.807) is 50.5 Å². The van der Waals surface area contributed by atoms with Gasteiger partial charge in [-0.15, -0.1) is 0 Å². The molecule has 0 fully saturated rings. The Morgan fingerprint density at radius 2 is 1.58 bits per heavy atom. The molecule has 1 heterocycles. The van der Waals surface area contributed by atoms with E-state index in [4.69, 9.17) is 14.2 Å². The van der Waals surface area contributed by atoms with Gasteiger partial charge in [0, 0.05) is 23.3 Å². The molecule has 0 aliphatic carbocycles. The molecule has 0 atom stereocenters. The maximum atomic E-state index is 13.4. The minimum absolute atomic E-state index is 0.146. The molecule has 0 saturated carbocycles. The summed E-state index contributed by atoms with van der Waals surface area (Å²) in [5, 5.41) is 3.87. The Balaban J connectivity index is 1.61. The van der Waals surface area contributed by atoms with Crippen LogP contribution in [0, 0.1) is 13.8 Å². The lowest BCUT2D eigenvalue weighted by molar-refractivity contribution is 0.209. The lowest BCUT2D eigenvalue weighted by atomic mass is 10.0. The monoisotopic (exact) mass is 515 g/mol. The number of ether oxygens (including phenoxy) is 3. The summed E-state index contributed by atoms with van der Waals surface area (Å²) in [7, 11) is 4.77. The molecule has 0 unspecified atom stereocenters. The zero-order chi connectivity index (χ0) is 27.2. The largest absolute Gasteiger partial charge is 0.497 e. The smallest absolute Gasteiger partial charge is 0.322 e. The van der Waals surface area contributed by atoms with E-state index in [1.165, 1.54) is 0 Å². The van der Waals surface area contributed by atoms with Crippen molar-refractivity contribution in [3.8, 4) is 17.2 Å². The Morgan fingerprint density at radius 3 is 2.26 bits per heavy atom. The third-order valence-electron chi connectivity index (χ3n) is 6.64. The fourth-order valence-corrected chi connectivity index (χ4v) is 4.27. The van der Waals surface area contributed by atoms with Crippen LogP contribution < -0.4 is 25.1 Å². The van der Waals surface area contributed by atoms with Gasteiger partial charge in [0.25, 0.3) is 5.56 Å². The molecule has 2 N–H and O–H groups in total. The summed E-state index contributed by atoms with van der Waals surface area (Å²) in [4.78, 5) is 31.0. The van der Waals surface area contributed by atoms with Crippen molar-refractivity contribution in [2.45, 2.75) is 26.8 Å². The fourth-order valence-electron chi connectivity index (χ4n) is 4.27. The molecule has 8 nitrogen and oxygen atoms in total. The molecule has 0 aliphatic heterocycles. The number of rotatable bonds is 9. The highest BCUT2D eigenvalue weighted by Gasteiger charge is 2.18. The second-order valence-electron chi connectivity index (χ2n) is 9.17. The third kappa shape index (κ3) is 6.08. The van der Waals surface area contributed by atoms with E-state index in [9.17, 15) is 9.59 Å². The molecular weight excluding hydrogens is 482 g/mol. The minimum Gasteiger partial charge on any atom is -0.497 e. The van der Waals surface area contributed by atoms with Gasteiger partial charge < -0.3 is 29.4 Å². The predicted molar refractivity (Wildman–Crippen MR) is 150 cm³/mol. The number of anilines is 1. The molecule has 38 heavy (non-hydrogen) atoms. The number of hydrogen-bond acceptors (Lipinski definition) is 5. The molecule has 8 heteroatoms. The molecule has 0 spiro atoms. The Kier molecular flexibility index (Phi) is 8.21. The number of fused-ring (bicyclic) bond motifs is 1. The number of pyridine rings is 1. The Labute approximate surface area is 222 Å². The number of H-pyrrole nitrogens is 1. The Hall–Kier alpha value is -4.46. The van der Waals surface area contributed by atoms with E-state index in [0.717, 1.165) is 27.6 Å². The van der Waals surface area contributed by atoms with Crippen molar-refractivity contribution < 1.29 is 19.0 Å². The topological polar surface area (TPSA) is 92.9 Å². The molecule has 4 rings (SSSR count). The van der Waals surface area contributed by atoms with Gasteiger partial charge in [-0.1, -0.05) is 6.07 Å². The van der Waals surface area contributed by atoms with Crippen LogP contribution in [0.15, 0.2) is 65.5 Å². The van der Waals surface area contributed by atoms with Gasteiger partial charge in [0.2, 0.25) is 0 Å². The highest BCUT2D eigenvalue weighted by atomic mass is 16.5. The van der Waals surface area contributed by atoms with Crippen LogP contribution in [0.25, 0.3) is 10.9 Å². The number of nitrogens with zero attached hydrogens (tertiary/aromatic N) is 1. The first-order valence-corrected chi connectivity index (χ1v) is 12.3. The van der Waals surface area contributed by atoms with Crippen LogP contribution >= 0.6 is 0 Å². The van der Waals surface area contributed by atoms with Gasteiger partial charge in [0.05, 0.1) is 27.9 Å². The molecule has 0 saturated heterocycles. The molecule has 4 aromatic rings. The highest BCUT2D eigenvalue weighted by Crippen LogP contribution is 2.28. The van der Waals surface area contributed by atoms with Crippen LogP contribution in [0.5, 0.6) is 17.2 Å². The van der Waals surface area contributed by atoms with E-state index in [1.807, 2.05) is 44.2 Å². The number of aromatic nitrogens is 1. The van der Waals surface area contributed by atoms with E-state index >= 15 is 0 Å². The van der Waals surface area contributed by atoms with Gasteiger partial charge in [-0.2, -0.15) is 0 Å². The predicted octanol–water partition coefficient (Wildman–Crippen LogP) is 5.45. The highest BCUT2D eigenvalue weighted by molar-refractivity contribution is 5.89. The first-order chi connectivity index (χ1) is 18.3. The normalized spacial score (nSPS) is 10.8. The lowest BCUT2D eigenvalue weighted by Gasteiger charge is -2.23. The number of nitrogens with one attached hydrogen (secondary N) is 2. The lowest BCUT2D eigenvalue weighted by Crippen LogP contribution is -2.37. The number of amides is 2. The SMILES string of the molecule is COc1ccc(NC(=O)N(CCc2ccc(OC)c(OC)c2)Cc2cc3cc(C)c(C)cc3[nH]c2=O)cc1. The van der Waals surface area contributed by atoms with Crippen molar-refractivity contribution in [2.24, 2.45) is 0 Å². The maximum absolute atomic E-state index is 13.4. The van der Waals surface area contributed by atoms with Crippen molar-refractivity contribution in [1.29, 1.82) is 0 Å². The number of benzene rings is 3. The minimum atomic E-state index is -0.310. The second-order valence-corrected chi connectivity index (χ2v) is 9.17. The van der Waals surface area contributed by atoms with Gasteiger partial charge >= 0.3 is 6.03 Å². The Bertz CT molecular complexity index is 1490. The number of aryl methyl sites for hydroxylation is 2. The van der Waals surface area contributed by atoms with E-state index in [2.05, 4.69) is 16.4 Å². The van der Waals surface area contributed by atoms with Crippen molar-refractivity contribution in [3.05, 3.63) is 93.3 Å². The summed E-state index contributed by atoms with van der Waals surface area (Å²) < 4.78 is 16.0. The molecule has 0 radical (unpaired) electrons. The fraction of sp³-hybridized carbons (Fsp3) is 0.267. The van der Waals surface area contributed by atoms with Gasteiger partial charge in [0.1, 0.15) is 5.75 Å². The summed E-state index contributed by atoms with van der Waals surface area (Å²) in [5.41, 5.74) is 4.93. The van der Waals surface area contributed by atoms with E-state index in [-0.39, 0.29) is 18.1 Å². The zero-order valence-electron chi connectivity index (χ0n) is 22.4. The van der Waals surface area contributed by atoms with Crippen LogP contribution in [0.1, 0.15) is 22.3 Å². The number of carbonyl (C=O) groups excluding carboxylic acids is 1. The van der Waals surface area contributed by atoms with Gasteiger partial charge in [-0.05, 0) is 96.9 Å². The Morgan fingerprint density at radius 1 is 0.868 bits per heavy atom. The maximum Gasteiger partial charge on any atom is 0.322 e. The van der Waals surface area contributed by atoms with Crippen LogP contribution in [0.4, 0.5) is 10.5 Å². The first-order valence-electron chi connectivity index (χ1n) is 12.3. The number of aromatic amines is 1. The number of carbonyl (C=O) groups is 1. The number of hydrogen-bond donors (Lipinski definition) is 2. The summed E-state index contributed by atoms with van der Waals surface area (Å²) in [6.07, 6.45) is 0.556. The van der Waals surface area contributed by atoms with Crippen molar-refractivity contribution in [1.82, 2.24) is 9.88 Å². The molecule has 0 bridgehead atoms. The molecule has 2 amide bonds. The average molecular weight is 516 g/mol. The van der Waals surface area contributed by atoms with Crippen molar-refractivity contribution in [2.75, 3.05) is 33.2 Å². The van der Waals surface area contributed by atoms with Crippen LogP contribution in [-0.2, 0) is 13.0 Å². The van der Waals surface area contributed by atoms with Crippen molar-refractivity contribution in [3.63, 3.8) is 0 Å². The molecule has 1 aromatic heterocycles. The van der Waals surface area contributed by atoms with Crippen LogP contribution in [-0.4, -0.2) is 43.8 Å². The van der Waals surface area contributed by atoms with Gasteiger partial charge in [0.15, 0.2) is 11.5 Å². The van der Waals surface area contributed by atoms with Gasteiger partial charge in [-0.25, -0.2) is 4.79 Å². The van der Waals surface area contributed by atoms with E-state index < -0.39 is 0 Å². The zero-order valence-corrected chi connectivity index (χ0v) is 22.4. The van der Waals surface area contributed by atoms with Crippen LogP contribution in [0.3, 0.4) is 0 Å². The standard InChI is InChI=1S/C30H33N3O5/c1-19-14-22-17-23(29(34)32-26(22)15-20(19)2)18-33(30(35)31-24-7-9-25(36-3)10-8-24)13-12-21-6-11-27(37-4)28(16-21)38-5/h6-11,14-17H,12-13,18H2,1-5H3,(H,31,35)(H,32,34). The quantitative estimate of drug-likeness (QED) is 0.309. The summed E-state index contributed by atoms with van der Waals surface area (Å²) in [6, 6.07) is 18.4. The molecule has 198 valence electrons. The molecule has 0 aliphatic rings. The summed E-state index contributed by atoms with van der Waals surface area (Å²) >= 11 is 0. The van der Waals surface area contributed by atoms with Gasteiger partial charge in [-0.3, -0.25) is 4.79 Å². The second kappa shape index (κ2) is 11.7. The first kappa shape index (κ1) is 26.6. The molecular formula is C30H33N3O5. The summed E-state index contributed by atoms with van der Waals surface area (Å²) in [5.74, 6) is 1.95. The summed E-state index contributed by atoms with van der Waals surface area (Å²) in [6.45, 7) is 4.58. The average Bonchev–Trinajstić information content (AvgIpc) is 2.92. The van der Waals surface area contributed by atoms with Crippen LogP contribution in [0.2, 0.25) is 0 Å². The number of urea groups is 1. The molecule has 3 aromatic carbocycles.